The van der Waals surface area contributed by atoms with Crippen LogP contribution in [0.3, 0.4) is 0 Å². The normalized spacial score (nSPS) is 16.0. The van der Waals surface area contributed by atoms with Gasteiger partial charge in [-0.2, -0.15) is 0 Å². The summed E-state index contributed by atoms with van der Waals surface area (Å²) in [6.45, 7) is 2.19. The van der Waals surface area contributed by atoms with Crippen molar-refractivity contribution in [3.63, 3.8) is 0 Å². The lowest BCUT2D eigenvalue weighted by Gasteiger charge is -2.16. The second kappa shape index (κ2) is 2.70. The minimum Gasteiger partial charge on any atom is -0.312 e. The summed E-state index contributed by atoms with van der Waals surface area (Å²) in [5.41, 5.74) is 4.37. The van der Waals surface area contributed by atoms with Gasteiger partial charge in [-0.25, -0.2) is 0 Å². The maximum absolute atomic E-state index is 3.37. The molecule has 11 heavy (non-hydrogen) atoms. The van der Waals surface area contributed by atoms with Crippen LogP contribution in [0.5, 0.6) is 0 Å². The van der Waals surface area contributed by atoms with E-state index < -0.39 is 0 Å². The van der Waals surface area contributed by atoms with Crippen molar-refractivity contribution in [3.8, 4) is 0 Å². The predicted molar refractivity (Wildman–Crippen MR) is 50.0 cm³/mol. The molecule has 1 aliphatic rings. The number of rotatable bonds is 0. The molecule has 2 heteroatoms. The average molecular weight is 145 g/mol. The molecule has 56 valence electrons. The molecule has 0 aliphatic carbocycles. The standard InChI is InChI=1S/C9H12BN/c10-9-2-1-7-3-4-11-6-8(7)5-9/h1-2,5,11H,3-4,6,10H2. The van der Waals surface area contributed by atoms with Gasteiger partial charge in [0, 0.05) is 6.54 Å². The van der Waals surface area contributed by atoms with Crippen molar-refractivity contribution in [2.24, 2.45) is 0 Å². The first-order chi connectivity index (χ1) is 5.36. The summed E-state index contributed by atoms with van der Waals surface area (Å²) in [4.78, 5) is 0. The fraction of sp³-hybridized carbons (Fsp3) is 0.333. The van der Waals surface area contributed by atoms with E-state index in [-0.39, 0.29) is 0 Å². The van der Waals surface area contributed by atoms with E-state index in [1.165, 1.54) is 23.0 Å². The van der Waals surface area contributed by atoms with Crippen molar-refractivity contribution in [2.75, 3.05) is 6.54 Å². The zero-order valence-electron chi connectivity index (χ0n) is 6.85. The molecule has 2 rings (SSSR count). The van der Waals surface area contributed by atoms with Crippen molar-refractivity contribution in [1.82, 2.24) is 5.32 Å². The van der Waals surface area contributed by atoms with Gasteiger partial charge >= 0.3 is 0 Å². The van der Waals surface area contributed by atoms with Crippen LogP contribution >= 0.6 is 0 Å². The van der Waals surface area contributed by atoms with E-state index in [9.17, 15) is 0 Å². The van der Waals surface area contributed by atoms with Crippen molar-refractivity contribution in [2.45, 2.75) is 13.0 Å². The number of benzene rings is 1. The molecule has 0 saturated heterocycles. The molecule has 0 bridgehead atoms. The van der Waals surface area contributed by atoms with E-state index in [4.69, 9.17) is 0 Å². The molecule has 1 aromatic carbocycles. The minimum absolute atomic E-state index is 1.05. The summed E-state index contributed by atoms with van der Waals surface area (Å²) in [5.74, 6) is 0. The monoisotopic (exact) mass is 145 g/mol. The van der Waals surface area contributed by atoms with E-state index in [1.807, 2.05) is 0 Å². The van der Waals surface area contributed by atoms with E-state index in [2.05, 4.69) is 31.4 Å². The van der Waals surface area contributed by atoms with Gasteiger partial charge in [0.15, 0.2) is 0 Å². The first kappa shape index (κ1) is 6.92. The molecule has 0 atom stereocenters. The highest BCUT2D eigenvalue weighted by Crippen LogP contribution is 2.10. The van der Waals surface area contributed by atoms with Crippen LogP contribution in [0.15, 0.2) is 18.2 Å². The summed E-state index contributed by atoms with van der Waals surface area (Å²) < 4.78 is 0. The Labute approximate surface area is 68.2 Å². The lowest BCUT2D eigenvalue weighted by Crippen LogP contribution is -2.24. The quantitative estimate of drug-likeness (QED) is 0.489. The van der Waals surface area contributed by atoms with Crippen LogP contribution in [0.4, 0.5) is 0 Å². The minimum atomic E-state index is 1.05. The average Bonchev–Trinajstić information content (AvgIpc) is 2.04. The largest absolute Gasteiger partial charge is 0.312 e. The Balaban J connectivity index is 2.43. The molecule has 1 heterocycles. The molecule has 0 amide bonds. The third-order valence-corrected chi connectivity index (χ3v) is 2.25. The Bertz CT molecular complexity index is 270. The van der Waals surface area contributed by atoms with E-state index in [1.54, 1.807) is 0 Å². The fourth-order valence-corrected chi connectivity index (χ4v) is 1.61. The van der Waals surface area contributed by atoms with Gasteiger partial charge in [-0.15, -0.1) is 0 Å². The molecule has 0 radical (unpaired) electrons. The smallest absolute Gasteiger partial charge is 0.139 e. The Morgan fingerprint density at radius 3 is 3.09 bits per heavy atom. The topological polar surface area (TPSA) is 12.0 Å². The zero-order valence-corrected chi connectivity index (χ0v) is 6.85. The zero-order chi connectivity index (χ0) is 7.68. The lowest BCUT2D eigenvalue weighted by molar-refractivity contribution is 0.644. The second-order valence-electron chi connectivity index (χ2n) is 3.20. The number of fused-ring (bicyclic) bond motifs is 1. The van der Waals surface area contributed by atoms with Crippen molar-refractivity contribution in [3.05, 3.63) is 29.3 Å². The van der Waals surface area contributed by atoms with Crippen molar-refractivity contribution in [1.29, 1.82) is 0 Å². The van der Waals surface area contributed by atoms with Gasteiger partial charge in [-0.05, 0) is 24.1 Å². The first-order valence-corrected chi connectivity index (χ1v) is 4.15. The molecule has 0 unspecified atom stereocenters. The summed E-state index contributed by atoms with van der Waals surface area (Å²) in [6.07, 6.45) is 1.19. The molecule has 1 nitrogen and oxygen atoms in total. The lowest BCUT2D eigenvalue weighted by atomic mass is 9.90. The molecule has 1 N–H and O–H groups in total. The van der Waals surface area contributed by atoms with Crippen LogP contribution in [0, 0.1) is 0 Å². The maximum Gasteiger partial charge on any atom is 0.139 e. The summed E-state index contributed by atoms with van der Waals surface area (Å²) in [5, 5.41) is 3.37. The number of nitrogens with one attached hydrogen (secondary N) is 1. The van der Waals surface area contributed by atoms with Gasteiger partial charge in [0.1, 0.15) is 7.85 Å². The summed E-state index contributed by atoms with van der Waals surface area (Å²) in [7, 11) is 2.15. The third-order valence-electron chi connectivity index (χ3n) is 2.25. The molecule has 0 fully saturated rings. The van der Waals surface area contributed by atoms with Gasteiger partial charge in [0.2, 0.25) is 0 Å². The fourth-order valence-electron chi connectivity index (χ4n) is 1.61. The molecule has 0 spiro atoms. The Kier molecular flexibility index (Phi) is 1.70. The van der Waals surface area contributed by atoms with E-state index >= 15 is 0 Å². The molecule has 0 aromatic heterocycles. The highest BCUT2D eigenvalue weighted by atomic mass is 14.9. The van der Waals surface area contributed by atoms with Crippen molar-refractivity contribution < 1.29 is 0 Å². The highest BCUT2D eigenvalue weighted by Gasteiger charge is 2.06. The molecule has 1 aromatic rings. The van der Waals surface area contributed by atoms with Gasteiger partial charge in [0.05, 0.1) is 0 Å². The van der Waals surface area contributed by atoms with Crippen LogP contribution in [0.25, 0.3) is 0 Å². The molecular weight excluding hydrogens is 133 g/mol. The van der Waals surface area contributed by atoms with Crippen molar-refractivity contribution >= 4 is 13.3 Å². The number of hydrogen-bond donors (Lipinski definition) is 1. The molecule has 1 aliphatic heterocycles. The Hall–Kier alpha value is -0.755. The second-order valence-corrected chi connectivity index (χ2v) is 3.20. The Morgan fingerprint density at radius 2 is 2.18 bits per heavy atom. The maximum atomic E-state index is 3.37. The first-order valence-electron chi connectivity index (χ1n) is 4.15. The van der Waals surface area contributed by atoms with Gasteiger partial charge < -0.3 is 5.32 Å². The third kappa shape index (κ3) is 1.31. The van der Waals surface area contributed by atoms with Crippen LogP contribution < -0.4 is 10.8 Å². The van der Waals surface area contributed by atoms with E-state index in [0.717, 1.165) is 13.1 Å². The highest BCUT2D eigenvalue weighted by molar-refractivity contribution is 6.32. The Morgan fingerprint density at radius 1 is 1.27 bits per heavy atom. The molecular formula is C9H12BN. The van der Waals surface area contributed by atoms with Gasteiger partial charge in [0.25, 0.3) is 0 Å². The van der Waals surface area contributed by atoms with Crippen LogP contribution in [-0.4, -0.2) is 14.4 Å². The predicted octanol–water partition coefficient (Wildman–Crippen LogP) is -0.409. The van der Waals surface area contributed by atoms with Gasteiger partial charge in [-0.3, -0.25) is 0 Å². The number of hydrogen-bond acceptors (Lipinski definition) is 1. The van der Waals surface area contributed by atoms with Crippen LogP contribution in [0.2, 0.25) is 0 Å². The van der Waals surface area contributed by atoms with Crippen LogP contribution in [0.1, 0.15) is 11.1 Å². The molecule has 0 saturated carbocycles. The SMILES string of the molecule is Bc1ccc2c(c1)CNCC2. The van der Waals surface area contributed by atoms with Crippen LogP contribution in [-0.2, 0) is 13.0 Å². The summed E-state index contributed by atoms with van der Waals surface area (Å²) >= 11 is 0. The summed E-state index contributed by atoms with van der Waals surface area (Å²) in [6, 6.07) is 6.73. The van der Waals surface area contributed by atoms with E-state index in [0.29, 0.717) is 0 Å². The van der Waals surface area contributed by atoms with Gasteiger partial charge in [-0.1, -0.05) is 23.7 Å².